The summed E-state index contributed by atoms with van der Waals surface area (Å²) in [6, 6.07) is 5.70. The van der Waals surface area contributed by atoms with Crippen molar-refractivity contribution in [2.45, 2.75) is 4.90 Å². The SMILES string of the molecule is Nc1nc(Cl)nc(NNc2ccccc2S(=O)(=O)O)n1. The fourth-order valence-corrected chi connectivity index (χ4v) is 2.15. The molecule has 106 valence electrons. The lowest BCUT2D eigenvalue weighted by molar-refractivity contribution is 0.483. The van der Waals surface area contributed by atoms with Crippen LogP contribution in [0.4, 0.5) is 17.6 Å². The first-order chi connectivity index (χ1) is 9.36. The Hall–Kier alpha value is -2.17. The van der Waals surface area contributed by atoms with Crippen LogP contribution in [0.5, 0.6) is 0 Å². The van der Waals surface area contributed by atoms with E-state index >= 15 is 0 Å². The van der Waals surface area contributed by atoms with Crippen LogP contribution in [0.2, 0.25) is 5.28 Å². The van der Waals surface area contributed by atoms with E-state index < -0.39 is 10.1 Å². The number of nitrogen functional groups attached to an aromatic ring is 1. The molecule has 1 heterocycles. The number of para-hydroxylation sites is 1. The smallest absolute Gasteiger partial charge is 0.296 e. The molecular formula is C9H9ClN6O3S. The van der Waals surface area contributed by atoms with E-state index in [1.165, 1.54) is 18.2 Å². The number of anilines is 3. The molecule has 0 spiro atoms. The van der Waals surface area contributed by atoms with Gasteiger partial charge in [0, 0.05) is 0 Å². The lowest BCUT2D eigenvalue weighted by Crippen LogP contribution is -2.15. The minimum absolute atomic E-state index is 0.00681. The predicted octanol–water partition coefficient (Wildman–Crippen LogP) is 0.793. The summed E-state index contributed by atoms with van der Waals surface area (Å²) in [7, 11) is -4.36. The summed E-state index contributed by atoms with van der Waals surface area (Å²) in [5.74, 6) is -0.106. The number of hydrogen-bond acceptors (Lipinski definition) is 8. The molecule has 2 aromatic rings. The van der Waals surface area contributed by atoms with Gasteiger partial charge in [0.1, 0.15) is 4.90 Å². The third-order valence-electron chi connectivity index (χ3n) is 2.10. The van der Waals surface area contributed by atoms with E-state index in [2.05, 4.69) is 25.8 Å². The molecular weight excluding hydrogens is 308 g/mol. The number of nitrogens with one attached hydrogen (secondary N) is 2. The lowest BCUT2D eigenvalue weighted by Gasteiger charge is -2.11. The van der Waals surface area contributed by atoms with E-state index in [0.717, 1.165) is 0 Å². The summed E-state index contributed by atoms with van der Waals surface area (Å²) >= 11 is 5.59. The Morgan fingerprint density at radius 3 is 2.50 bits per heavy atom. The van der Waals surface area contributed by atoms with Gasteiger partial charge in [-0.1, -0.05) is 12.1 Å². The van der Waals surface area contributed by atoms with Crippen LogP contribution in [-0.2, 0) is 10.1 Å². The monoisotopic (exact) mass is 316 g/mol. The molecule has 0 fully saturated rings. The number of hydrazine groups is 1. The van der Waals surface area contributed by atoms with Gasteiger partial charge in [0.25, 0.3) is 10.1 Å². The van der Waals surface area contributed by atoms with Crippen molar-refractivity contribution in [3.63, 3.8) is 0 Å². The van der Waals surface area contributed by atoms with Gasteiger partial charge in [-0.25, -0.2) is 0 Å². The first-order valence-electron chi connectivity index (χ1n) is 5.12. The average Bonchev–Trinajstić information content (AvgIpc) is 2.34. The Morgan fingerprint density at radius 1 is 1.15 bits per heavy atom. The number of halogens is 1. The molecule has 0 saturated heterocycles. The molecule has 0 amide bonds. The van der Waals surface area contributed by atoms with Gasteiger partial charge in [0.15, 0.2) is 0 Å². The third kappa shape index (κ3) is 3.44. The van der Waals surface area contributed by atoms with Crippen LogP contribution in [0.3, 0.4) is 0 Å². The highest BCUT2D eigenvalue weighted by atomic mass is 35.5. The quantitative estimate of drug-likeness (QED) is 0.475. The highest BCUT2D eigenvalue weighted by Gasteiger charge is 2.14. The zero-order chi connectivity index (χ0) is 14.8. The van der Waals surface area contributed by atoms with Crippen LogP contribution in [0.15, 0.2) is 29.2 Å². The van der Waals surface area contributed by atoms with E-state index in [4.69, 9.17) is 21.9 Å². The maximum atomic E-state index is 11.2. The largest absolute Gasteiger partial charge is 0.368 e. The molecule has 1 aromatic heterocycles. The minimum Gasteiger partial charge on any atom is -0.368 e. The van der Waals surface area contributed by atoms with Crippen molar-refractivity contribution in [1.29, 1.82) is 0 Å². The molecule has 0 radical (unpaired) electrons. The normalized spacial score (nSPS) is 11.1. The van der Waals surface area contributed by atoms with Gasteiger partial charge in [0.2, 0.25) is 17.2 Å². The van der Waals surface area contributed by atoms with E-state index in [1.807, 2.05) is 0 Å². The van der Waals surface area contributed by atoms with Crippen molar-refractivity contribution in [3.05, 3.63) is 29.5 Å². The molecule has 0 aliphatic heterocycles. The molecule has 0 saturated carbocycles. The van der Waals surface area contributed by atoms with Gasteiger partial charge in [-0.15, -0.1) is 0 Å². The number of nitrogens with two attached hydrogens (primary N) is 1. The van der Waals surface area contributed by atoms with E-state index in [1.54, 1.807) is 6.07 Å². The number of benzene rings is 1. The van der Waals surface area contributed by atoms with Crippen LogP contribution >= 0.6 is 11.6 Å². The zero-order valence-electron chi connectivity index (χ0n) is 9.78. The van der Waals surface area contributed by atoms with E-state index in [0.29, 0.717) is 0 Å². The number of aromatic nitrogens is 3. The molecule has 0 bridgehead atoms. The summed E-state index contributed by atoms with van der Waals surface area (Å²) in [5.41, 5.74) is 10.5. The molecule has 0 atom stereocenters. The van der Waals surface area contributed by atoms with Gasteiger partial charge in [-0.2, -0.15) is 23.4 Å². The average molecular weight is 317 g/mol. The summed E-state index contributed by atoms with van der Waals surface area (Å²) < 4.78 is 31.4. The van der Waals surface area contributed by atoms with Crippen LogP contribution < -0.4 is 16.6 Å². The fourth-order valence-electron chi connectivity index (χ4n) is 1.34. The molecule has 0 unspecified atom stereocenters. The predicted molar refractivity (Wildman–Crippen MR) is 72.8 cm³/mol. The molecule has 2 rings (SSSR count). The zero-order valence-corrected chi connectivity index (χ0v) is 11.4. The highest BCUT2D eigenvalue weighted by Crippen LogP contribution is 2.20. The van der Waals surface area contributed by atoms with Crippen molar-refractivity contribution in [2.24, 2.45) is 0 Å². The molecule has 20 heavy (non-hydrogen) atoms. The molecule has 9 nitrogen and oxygen atoms in total. The van der Waals surface area contributed by atoms with Crippen molar-refractivity contribution in [1.82, 2.24) is 15.0 Å². The summed E-state index contributed by atoms with van der Waals surface area (Å²) in [4.78, 5) is 10.7. The lowest BCUT2D eigenvalue weighted by atomic mass is 10.3. The molecule has 5 N–H and O–H groups in total. The van der Waals surface area contributed by atoms with Crippen LogP contribution in [0.25, 0.3) is 0 Å². The van der Waals surface area contributed by atoms with E-state index in [-0.39, 0.29) is 27.8 Å². The second kappa shape index (κ2) is 5.45. The fraction of sp³-hybridized carbons (Fsp3) is 0. The van der Waals surface area contributed by atoms with Crippen molar-refractivity contribution < 1.29 is 13.0 Å². The summed E-state index contributed by atoms with van der Waals surface area (Å²) in [6.45, 7) is 0. The maximum Gasteiger partial charge on any atom is 0.296 e. The summed E-state index contributed by atoms with van der Waals surface area (Å²) in [6.07, 6.45) is 0. The van der Waals surface area contributed by atoms with Crippen LogP contribution in [-0.4, -0.2) is 27.9 Å². The Labute approximate surface area is 118 Å². The number of hydrogen-bond donors (Lipinski definition) is 4. The minimum atomic E-state index is -4.36. The van der Waals surface area contributed by atoms with Crippen molar-refractivity contribution >= 4 is 39.3 Å². The van der Waals surface area contributed by atoms with E-state index in [9.17, 15) is 8.42 Å². The Balaban J connectivity index is 2.23. The van der Waals surface area contributed by atoms with Gasteiger partial charge in [-0.3, -0.25) is 15.4 Å². The van der Waals surface area contributed by atoms with Gasteiger partial charge in [0.05, 0.1) is 5.69 Å². The van der Waals surface area contributed by atoms with Gasteiger partial charge >= 0.3 is 0 Å². The number of nitrogens with zero attached hydrogens (tertiary/aromatic N) is 3. The molecule has 0 aliphatic carbocycles. The van der Waals surface area contributed by atoms with Crippen molar-refractivity contribution in [3.8, 4) is 0 Å². The Morgan fingerprint density at radius 2 is 1.85 bits per heavy atom. The van der Waals surface area contributed by atoms with Crippen molar-refractivity contribution in [2.75, 3.05) is 16.6 Å². The molecule has 0 aliphatic rings. The first kappa shape index (κ1) is 14.2. The Kier molecular flexibility index (Phi) is 3.88. The molecule has 1 aromatic carbocycles. The molecule has 11 heteroatoms. The number of rotatable bonds is 4. The van der Waals surface area contributed by atoms with Crippen LogP contribution in [0, 0.1) is 0 Å². The topological polar surface area (TPSA) is 143 Å². The third-order valence-corrected chi connectivity index (χ3v) is 3.18. The summed E-state index contributed by atoms with van der Waals surface area (Å²) in [5, 5.41) is -0.120. The van der Waals surface area contributed by atoms with Gasteiger partial charge < -0.3 is 5.73 Å². The first-order valence-corrected chi connectivity index (χ1v) is 6.93. The second-order valence-electron chi connectivity index (χ2n) is 3.51. The standard InChI is InChI=1S/C9H9ClN6O3S/c10-7-12-8(11)14-9(13-7)16-15-5-3-1-2-4-6(5)20(17,18)19/h1-4,15H,(H,17,18,19)(H3,11,12,13,14,16). The van der Waals surface area contributed by atoms with Crippen LogP contribution in [0.1, 0.15) is 0 Å². The van der Waals surface area contributed by atoms with Gasteiger partial charge in [-0.05, 0) is 23.7 Å². The second-order valence-corrected chi connectivity index (χ2v) is 5.24. The highest BCUT2D eigenvalue weighted by molar-refractivity contribution is 7.86. The Bertz CT molecular complexity index is 718. The maximum absolute atomic E-state index is 11.2.